The predicted octanol–water partition coefficient (Wildman–Crippen LogP) is 2.99. The third-order valence-electron chi connectivity index (χ3n) is 3.43. The van der Waals surface area contributed by atoms with Gasteiger partial charge in [-0.2, -0.15) is 0 Å². The third-order valence-corrected chi connectivity index (χ3v) is 5.87. The Hall–Kier alpha value is -0.603. The van der Waals surface area contributed by atoms with Gasteiger partial charge in [0, 0.05) is 5.92 Å². The number of allylic oxidation sites excluding steroid dienone is 1. The SMILES string of the molecule is C=C[Si](C)(C=C)OC1CC2C=CC1C2. The zero-order valence-electron chi connectivity index (χ0n) is 8.78. The van der Waals surface area contributed by atoms with Crippen molar-refractivity contribution in [2.45, 2.75) is 25.5 Å². The minimum absolute atomic E-state index is 0.428. The molecular formula is C12H18OSi. The Morgan fingerprint density at radius 2 is 2.00 bits per heavy atom. The molecule has 0 aliphatic heterocycles. The maximum absolute atomic E-state index is 6.18. The van der Waals surface area contributed by atoms with Crippen molar-refractivity contribution in [3.05, 3.63) is 36.7 Å². The second-order valence-corrected chi connectivity index (χ2v) is 7.95. The molecule has 0 radical (unpaired) electrons. The predicted molar refractivity (Wildman–Crippen MR) is 62.2 cm³/mol. The summed E-state index contributed by atoms with van der Waals surface area (Å²) in [5, 5.41) is 0. The molecule has 14 heavy (non-hydrogen) atoms. The number of hydrogen-bond donors (Lipinski definition) is 0. The molecule has 0 heterocycles. The summed E-state index contributed by atoms with van der Waals surface area (Å²) in [4.78, 5) is 0. The molecular weight excluding hydrogens is 188 g/mol. The molecule has 3 atom stereocenters. The molecule has 2 rings (SSSR count). The Balaban J connectivity index is 2.01. The van der Waals surface area contributed by atoms with Crippen LogP contribution in [0.15, 0.2) is 36.7 Å². The summed E-state index contributed by atoms with van der Waals surface area (Å²) in [6, 6.07) is 0. The first kappa shape index (κ1) is 9.93. The third kappa shape index (κ3) is 1.64. The lowest BCUT2D eigenvalue weighted by atomic mass is 10.1. The van der Waals surface area contributed by atoms with Crippen LogP contribution in [0.1, 0.15) is 12.8 Å². The molecule has 2 aliphatic carbocycles. The van der Waals surface area contributed by atoms with E-state index in [1.54, 1.807) is 0 Å². The zero-order valence-corrected chi connectivity index (χ0v) is 9.78. The first-order valence-electron chi connectivity index (χ1n) is 5.30. The van der Waals surface area contributed by atoms with Gasteiger partial charge in [0.1, 0.15) is 0 Å². The molecule has 0 saturated heterocycles. The van der Waals surface area contributed by atoms with Crippen LogP contribution < -0.4 is 0 Å². The minimum Gasteiger partial charge on any atom is -0.406 e. The lowest BCUT2D eigenvalue weighted by molar-refractivity contribution is 0.171. The maximum Gasteiger partial charge on any atom is 0.237 e. The van der Waals surface area contributed by atoms with Crippen LogP contribution >= 0.6 is 0 Å². The Morgan fingerprint density at radius 1 is 1.29 bits per heavy atom. The second kappa shape index (κ2) is 3.52. The van der Waals surface area contributed by atoms with Gasteiger partial charge in [-0.1, -0.05) is 23.6 Å². The fourth-order valence-corrected chi connectivity index (χ4v) is 3.65. The van der Waals surface area contributed by atoms with Crippen molar-refractivity contribution in [2.75, 3.05) is 0 Å². The molecule has 0 N–H and O–H groups in total. The van der Waals surface area contributed by atoms with Crippen molar-refractivity contribution in [1.29, 1.82) is 0 Å². The summed E-state index contributed by atoms with van der Waals surface area (Å²) >= 11 is 0. The van der Waals surface area contributed by atoms with Crippen LogP contribution in [-0.4, -0.2) is 14.4 Å². The highest BCUT2D eigenvalue weighted by atomic mass is 28.4. The molecule has 0 aromatic carbocycles. The van der Waals surface area contributed by atoms with Crippen molar-refractivity contribution in [1.82, 2.24) is 0 Å². The standard InChI is InChI=1S/C12H18OSi/c1-4-14(3,5-2)13-12-9-10-6-7-11(12)8-10/h4-7,10-12H,1-2,8-9H2,3H3. The van der Waals surface area contributed by atoms with Crippen LogP contribution in [-0.2, 0) is 4.43 Å². The van der Waals surface area contributed by atoms with Gasteiger partial charge in [-0.05, 0) is 25.3 Å². The van der Waals surface area contributed by atoms with Gasteiger partial charge in [0.25, 0.3) is 0 Å². The molecule has 2 bridgehead atoms. The summed E-state index contributed by atoms with van der Waals surface area (Å²) in [5.74, 6) is 1.43. The molecule has 1 nitrogen and oxygen atoms in total. The summed E-state index contributed by atoms with van der Waals surface area (Å²) in [5.41, 5.74) is 3.94. The molecule has 0 aromatic heterocycles. The minimum atomic E-state index is -1.81. The molecule has 2 aliphatic rings. The van der Waals surface area contributed by atoms with Crippen LogP contribution in [0.4, 0.5) is 0 Å². The average molecular weight is 206 g/mol. The highest BCUT2D eigenvalue weighted by molar-refractivity contribution is 6.82. The van der Waals surface area contributed by atoms with Gasteiger partial charge in [-0.15, -0.1) is 13.2 Å². The van der Waals surface area contributed by atoms with E-state index < -0.39 is 8.32 Å². The molecule has 0 spiro atoms. The summed E-state index contributed by atoms with van der Waals surface area (Å²) in [6.07, 6.45) is 7.58. The van der Waals surface area contributed by atoms with Crippen molar-refractivity contribution in [2.24, 2.45) is 11.8 Å². The normalized spacial score (nSPS) is 34.8. The fourth-order valence-electron chi connectivity index (χ4n) is 2.37. The average Bonchev–Trinajstić information content (AvgIpc) is 2.79. The Labute approximate surface area is 87.3 Å². The molecule has 0 aromatic rings. The molecule has 76 valence electrons. The van der Waals surface area contributed by atoms with E-state index in [1.807, 2.05) is 11.4 Å². The zero-order chi connectivity index (χ0) is 10.2. The van der Waals surface area contributed by atoms with E-state index in [-0.39, 0.29) is 0 Å². The molecule has 2 heteroatoms. The monoisotopic (exact) mass is 206 g/mol. The summed E-state index contributed by atoms with van der Waals surface area (Å²) < 4.78 is 6.18. The second-order valence-electron chi connectivity index (χ2n) is 4.53. The van der Waals surface area contributed by atoms with Crippen molar-refractivity contribution in [3.63, 3.8) is 0 Å². The van der Waals surface area contributed by atoms with Gasteiger partial charge in [0.05, 0.1) is 6.10 Å². The molecule has 0 amide bonds. The number of fused-ring (bicyclic) bond motifs is 2. The van der Waals surface area contributed by atoms with Crippen molar-refractivity contribution >= 4 is 8.32 Å². The van der Waals surface area contributed by atoms with Crippen LogP contribution in [0.2, 0.25) is 6.55 Å². The molecule has 1 saturated carbocycles. The Bertz CT molecular complexity index is 274. The van der Waals surface area contributed by atoms with Gasteiger partial charge in [-0.3, -0.25) is 0 Å². The van der Waals surface area contributed by atoms with E-state index in [1.165, 1.54) is 12.8 Å². The van der Waals surface area contributed by atoms with Gasteiger partial charge in [0.15, 0.2) is 0 Å². The van der Waals surface area contributed by atoms with Crippen molar-refractivity contribution in [3.8, 4) is 0 Å². The van der Waals surface area contributed by atoms with Crippen LogP contribution in [0.5, 0.6) is 0 Å². The largest absolute Gasteiger partial charge is 0.406 e. The first-order valence-corrected chi connectivity index (χ1v) is 7.86. The molecule has 1 fully saturated rings. The lowest BCUT2D eigenvalue weighted by Crippen LogP contribution is -2.36. The van der Waals surface area contributed by atoms with Crippen molar-refractivity contribution < 1.29 is 4.43 Å². The van der Waals surface area contributed by atoms with E-state index in [2.05, 4.69) is 31.9 Å². The van der Waals surface area contributed by atoms with E-state index >= 15 is 0 Å². The van der Waals surface area contributed by atoms with Gasteiger partial charge in [0.2, 0.25) is 8.32 Å². The number of rotatable bonds is 4. The summed E-state index contributed by atoms with van der Waals surface area (Å²) in [6.45, 7) is 9.87. The fraction of sp³-hybridized carbons (Fsp3) is 0.500. The summed E-state index contributed by atoms with van der Waals surface area (Å²) in [7, 11) is -1.81. The Kier molecular flexibility index (Phi) is 2.50. The smallest absolute Gasteiger partial charge is 0.237 e. The van der Waals surface area contributed by atoms with Gasteiger partial charge in [-0.25, -0.2) is 0 Å². The first-order chi connectivity index (χ1) is 6.67. The topological polar surface area (TPSA) is 9.23 Å². The highest BCUT2D eigenvalue weighted by Crippen LogP contribution is 2.41. The lowest BCUT2D eigenvalue weighted by Gasteiger charge is -2.28. The van der Waals surface area contributed by atoms with Crippen LogP contribution in [0.25, 0.3) is 0 Å². The van der Waals surface area contributed by atoms with E-state index in [4.69, 9.17) is 4.43 Å². The quantitative estimate of drug-likeness (QED) is 0.507. The highest BCUT2D eigenvalue weighted by Gasteiger charge is 2.39. The Morgan fingerprint density at radius 3 is 2.43 bits per heavy atom. The molecule has 3 unspecified atom stereocenters. The van der Waals surface area contributed by atoms with E-state index in [9.17, 15) is 0 Å². The van der Waals surface area contributed by atoms with Gasteiger partial charge < -0.3 is 4.43 Å². The van der Waals surface area contributed by atoms with Gasteiger partial charge >= 0.3 is 0 Å². The van der Waals surface area contributed by atoms with Crippen LogP contribution in [0, 0.1) is 11.8 Å². The number of hydrogen-bond acceptors (Lipinski definition) is 1. The van der Waals surface area contributed by atoms with E-state index in [0.29, 0.717) is 12.0 Å². The maximum atomic E-state index is 6.18. The van der Waals surface area contributed by atoms with Crippen LogP contribution in [0.3, 0.4) is 0 Å². The van der Waals surface area contributed by atoms with E-state index in [0.717, 1.165) is 5.92 Å².